The number of rotatable bonds is 7. The van der Waals surface area contributed by atoms with Crippen LogP contribution in [0.4, 0.5) is 10.8 Å². The Morgan fingerprint density at radius 2 is 1.87 bits per heavy atom. The maximum Gasteiger partial charge on any atom is 0.264 e. The second kappa shape index (κ2) is 9.34. The number of hydrogen-bond donors (Lipinski definition) is 1. The first-order valence-corrected chi connectivity index (χ1v) is 12.6. The SMILES string of the molecule is CSc1nnc(NC(=O)CN(c2ccc(C)c(Cl)c2)S(=O)(=O)c2ccc(C)cc2)s1. The van der Waals surface area contributed by atoms with E-state index in [4.69, 9.17) is 11.6 Å². The van der Waals surface area contributed by atoms with Crippen LogP contribution in [0.3, 0.4) is 0 Å². The second-order valence-electron chi connectivity index (χ2n) is 6.38. The van der Waals surface area contributed by atoms with Gasteiger partial charge in [-0.1, -0.05) is 58.5 Å². The summed E-state index contributed by atoms with van der Waals surface area (Å²) in [6.07, 6.45) is 1.85. The van der Waals surface area contributed by atoms with Gasteiger partial charge >= 0.3 is 0 Å². The molecule has 1 aromatic heterocycles. The predicted octanol–water partition coefficient (Wildman–Crippen LogP) is 4.36. The summed E-state index contributed by atoms with van der Waals surface area (Å²) in [4.78, 5) is 12.7. The molecule has 0 radical (unpaired) electrons. The van der Waals surface area contributed by atoms with Gasteiger partial charge < -0.3 is 0 Å². The number of thioether (sulfide) groups is 1. The normalized spacial score (nSPS) is 11.3. The van der Waals surface area contributed by atoms with Crippen LogP contribution in [0.25, 0.3) is 0 Å². The lowest BCUT2D eigenvalue weighted by Gasteiger charge is -2.24. The minimum Gasteiger partial charge on any atom is -0.299 e. The van der Waals surface area contributed by atoms with E-state index < -0.39 is 22.5 Å². The topological polar surface area (TPSA) is 92.3 Å². The number of nitrogens with one attached hydrogen (secondary N) is 1. The lowest BCUT2D eigenvalue weighted by molar-refractivity contribution is -0.114. The van der Waals surface area contributed by atoms with Crippen molar-refractivity contribution < 1.29 is 13.2 Å². The van der Waals surface area contributed by atoms with Gasteiger partial charge in [0.15, 0.2) is 4.34 Å². The molecule has 0 fully saturated rings. The smallest absolute Gasteiger partial charge is 0.264 e. The van der Waals surface area contributed by atoms with Crippen LogP contribution in [0.2, 0.25) is 5.02 Å². The van der Waals surface area contributed by atoms with Crippen LogP contribution in [0.15, 0.2) is 51.7 Å². The number of amides is 1. The molecule has 0 aliphatic carbocycles. The zero-order valence-corrected chi connectivity index (χ0v) is 19.6. The minimum absolute atomic E-state index is 0.0816. The van der Waals surface area contributed by atoms with Crippen molar-refractivity contribution in [2.45, 2.75) is 23.1 Å². The van der Waals surface area contributed by atoms with E-state index in [0.717, 1.165) is 15.4 Å². The quantitative estimate of drug-likeness (QED) is 0.397. The van der Waals surface area contributed by atoms with Crippen LogP contribution in [0.5, 0.6) is 0 Å². The van der Waals surface area contributed by atoms with Gasteiger partial charge in [0.1, 0.15) is 6.54 Å². The van der Waals surface area contributed by atoms with Crippen molar-refractivity contribution in [2.75, 3.05) is 22.4 Å². The zero-order chi connectivity index (χ0) is 21.9. The molecule has 2 aromatic carbocycles. The molecule has 0 atom stereocenters. The molecule has 0 spiro atoms. The third-order valence-electron chi connectivity index (χ3n) is 4.17. The first-order valence-electron chi connectivity index (χ1n) is 8.73. The van der Waals surface area contributed by atoms with Gasteiger partial charge in [-0.05, 0) is 49.9 Å². The van der Waals surface area contributed by atoms with Crippen molar-refractivity contribution in [1.82, 2.24) is 10.2 Å². The number of carbonyl (C=O) groups excluding carboxylic acids is 1. The minimum atomic E-state index is -4.01. The Balaban J connectivity index is 1.95. The van der Waals surface area contributed by atoms with Crippen molar-refractivity contribution in [3.63, 3.8) is 0 Å². The van der Waals surface area contributed by atoms with E-state index in [2.05, 4.69) is 15.5 Å². The van der Waals surface area contributed by atoms with E-state index in [0.29, 0.717) is 20.2 Å². The van der Waals surface area contributed by atoms with Crippen molar-refractivity contribution >= 4 is 61.4 Å². The van der Waals surface area contributed by atoms with E-state index in [9.17, 15) is 13.2 Å². The van der Waals surface area contributed by atoms with E-state index in [-0.39, 0.29) is 4.90 Å². The molecule has 0 saturated heterocycles. The summed E-state index contributed by atoms with van der Waals surface area (Å²) in [5, 5.41) is 11.1. The Morgan fingerprint density at radius 1 is 1.17 bits per heavy atom. The number of nitrogens with zero attached hydrogens (tertiary/aromatic N) is 3. The molecule has 1 N–H and O–H groups in total. The van der Waals surface area contributed by atoms with Crippen LogP contribution in [0.1, 0.15) is 11.1 Å². The number of benzene rings is 2. The van der Waals surface area contributed by atoms with Crippen molar-refractivity contribution in [1.29, 1.82) is 0 Å². The fraction of sp³-hybridized carbons (Fsp3) is 0.211. The molecule has 0 unspecified atom stereocenters. The monoisotopic (exact) mass is 482 g/mol. The first-order chi connectivity index (χ1) is 14.2. The van der Waals surface area contributed by atoms with Gasteiger partial charge in [-0.3, -0.25) is 14.4 Å². The molecule has 11 heteroatoms. The molecule has 0 aliphatic heterocycles. The summed E-state index contributed by atoms with van der Waals surface area (Å²) in [5.41, 5.74) is 2.02. The van der Waals surface area contributed by atoms with Gasteiger partial charge in [0.05, 0.1) is 10.6 Å². The van der Waals surface area contributed by atoms with Crippen molar-refractivity contribution in [3.8, 4) is 0 Å². The van der Waals surface area contributed by atoms with Gasteiger partial charge in [-0.15, -0.1) is 10.2 Å². The highest BCUT2D eigenvalue weighted by Gasteiger charge is 2.28. The van der Waals surface area contributed by atoms with Gasteiger partial charge in [-0.25, -0.2) is 8.42 Å². The van der Waals surface area contributed by atoms with Crippen LogP contribution in [-0.4, -0.2) is 37.3 Å². The van der Waals surface area contributed by atoms with Crippen LogP contribution < -0.4 is 9.62 Å². The van der Waals surface area contributed by atoms with Crippen molar-refractivity contribution in [3.05, 3.63) is 58.6 Å². The number of anilines is 2. The Morgan fingerprint density at radius 3 is 2.47 bits per heavy atom. The number of carbonyl (C=O) groups is 1. The van der Waals surface area contributed by atoms with Crippen LogP contribution in [-0.2, 0) is 14.8 Å². The largest absolute Gasteiger partial charge is 0.299 e. The fourth-order valence-electron chi connectivity index (χ4n) is 2.52. The van der Waals surface area contributed by atoms with Crippen LogP contribution in [0, 0.1) is 13.8 Å². The van der Waals surface area contributed by atoms with Crippen LogP contribution >= 0.6 is 34.7 Å². The molecule has 158 valence electrons. The summed E-state index contributed by atoms with van der Waals surface area (Å²) in [5.74, 6) is -0.536. The number of aromatic nitrogens is 2. The zero-order valence-electron chi connectivity index (χ0n) is 16.4. The third kappa shape index (κ3) is 5.12. The maximum absolute atomic E-state index is 13.4. The Kier molecular flexibility index (Phi) is 7.02. The Bertz CT molecular complexity index is 1160. The molecule has 3 aromatic rings. The molecule has 0 bridgehead atoms. The summed E-state index contributed by atoms with van der Waals surface area (Å²) >= 11 is 8.84. The second-order valence-corrected chi connectivity index (χ2v) is 10.7. The molecule has 1 amide bonds. The summed E-state index contributed by atoms with van der Waals surface area (Å²) < 4.78 is 28.4. The molecule has 1 heterocycles. The first kappa shape index (κ1) is 22.5. The third-order valence-corrected chi connectivity index (χ3v) is 8.18. The standard InChI is InChI=1S/C19H19ClN4O3S3/c1-12-4-8-15(9-5-12)30(26,27)24(14-7-6-13(2)16(20)10-14)11-17(25)21-18-22-23-19(28-3)29-18/h4-10H,11H2,1-3H3,(H,21,22,25). The number of sulfonamides is 1. The van der Waals surface area contributed by atoms with Crippen molar-refractivity contribution in [2.24, 2.45) is 0 Å². The average Bonchev–Trinajstić information content (AvgIpc) is 3.16. The van der Waals surface area contributed by atoms with Gasteiger partial charge in [0.25, 0.3) is 10.0 Å². The highest BCUT2D eigenvalue weighted by atomic mass is 35.5. The Hall–Kier alpha value is -2.14. The molecule has 7 nitrogen and oxygen atoms in total. The summed E-state index contributed by atoms with van der Waals surface area (Å²) in [7, 11) is -4.01. The molecular weight excluding hydrogens is 464 g/mol. The number of hydrogen-bond acceptors (Lipinski definition) is 7. The molecule has 0 aliphatic rings. The lowest BCUT2D eigenvalue weighted by atomic mass is 10.2. The van der Waals surface area contributed by atoms with E-state index in [1.165, 1.54) is 41.3 Å². The molecule has 30 heavy (non-hydrogen) atoms. The van der Waals surface area contributed by atoms with Gasteiger partial charge in [0, 0.05) is 5.02 Å². The van der Waals surface area contributed by atoms with Gasteiger partial charge in [0.2, 0.25) is 11.0 Å². The Labute approximate surface area is 188 Å². The van der Waals surface area contributed by atoms with E-state index >= 15 is 0 Å². The van der Waals surface area contributed by atoms with E-state index in [1.807, 2.05) is 20.1 Å². The highest BCUT2D eigenvalue weighted by Crippen LogP contribution is 2.29. The lowest BCUT2D eigenvalue weighted by Crippen LogP contribution is -2.38. The predicted molar refractivity (Wildman–Crippen MR) is 122 cm³/mol. The maximum atomic E-state index is 13.4. The molecular formula is C19H19ClN4O3S3. The van der Waals surface area contributed by atoms with E-state index in [1.54, 1.807) is 24.3 Å². The fourth-order valence-corrected chi connectivity index (χ4v) is 5.30. The molecule has 0 saturated carbocycles. The molecule has 3 rings (SSSR count). The highest BCUT2D eigenvalue weighted by molar-refractivity contribution is 8.00. The summed E-state index contributed by atoms with van der Waals surface area (Å²) in [6.45, 7) is 3.24. The number of halogens is 1. The number of aryl methyl sites for hydroxylation is 2. The average molecular weight is 483 g/mol. The van der Waals surface area contributed by atoms with Gasteiger partial charge in [-0.2, -0.15) is 0 Å². The summed E-state index contributed by atoms with van der Waals surface area (Å²) in [6, 6.07) is 11.3.